The number of pyridine rings is 1. The molecule has 3 heterocycles. The van der Waals surface area contributed by atoms with Gasteiger partial charge < -0.3 is 10.2 Å². The first kappa shape index (κ1) is 21.5. The van der Waals surface area contributed by atoms with Crippen LogP contribution in [0.25, 0.3) is 0 Å². The van der Waals surface area contributed by atoms with Gasteiger partial charge in [-0.25, -0.2) is 13.4 Å². The molecule has 170 valence electrons. The molecule has 1 fully saturated rings. The van der Waals surface area contributed by atoms with Crippen LogP contribution < -0.4 is 14.5 Å². The third-order valence-electron chi connectivity index (χ3n) is 6.21. The fourth-order valence-electron chi connectivity index (χ4n) is 4.45. The first-order valence-electron chi connectivity index (χ1n) is 11.3. The predicted octanol–water partition coefficient (Wildman–Crippen LogP) is 4.08. The number of amides is 1. The van der Waals surface area contributed by atoms with Crippen molar-refractivity contribution in [3.63, 3.8) is 0 Å². The Morgan fingerprint density at radius 1 is 0.879 bits per heavy atom. The summed E-state index contributed by atoms with van der Waals surface area (Å²) in [5.41, 5.74) is 2.75. The van der Waals surface area contributed by atoms with Crippen molar-refractivity contribution >= 4 is 33.1 Å². The van der Waals surface area contributed by atoms with Crippen LogP contribution in [0, 0.1) is 0 Å². The smallest absolute Gasteiger partial charge is 0.264 e. The van der Waals surface area contributed by atoms with Gasteiger partial charge in [0.15, 0.2) is 0 Å². The Morgan fingerprint density at radius 3 is 2.36 bits per heavy atom. The number of rotatable bonds is 5. The molecule has 1 aromatic heterocycles. The van der Waals surface area contributed by atoms with Gasteiger partial charge in [-0.05, 0) is 73.7 Å². The molecule has 2 aromatic carbocycles. The number of aromatic nitrogens is 1. The van der Waals surface area contributed by atoms with Crippen LogP contribution in [-0.2, 0) is 16.4 Å². The topological polar surface area (TPSA) is 82.6 Å². The summed E-state index contributed by atoms with van der Waals surface area (Å²) in [4.78, 5) is 19.5. The summed E-state index contributed by atoms with van der Waals surface area (Å²) in [7, 11) is -3.70. The number of sulfonamides is 1. The Kier molecular flexibility index (Phi) is 5.76. The number of anilines is 3. The molecular formula is C25H26N4O3S. The first-order chi connectivity index (χ1) is 16.0. The molecule has 2 aliphatic rings. The highest BCUT2D eigenvalue weighted by atomic mass is 32.2. The predicted molar refractivity (Wildman–Crippen MR) is 129 cm³/mol. The van der Waals surface area contributed by atoms with Gasteiger partial charge in [0.2, 0.25) is 0 Å². The van der Waals surface area contributed by atoms with Crippen molar-refractivity contribution in [1.82, 2.24) is 4.98 Å². The highest BCUT2D eigenvalue weighted by molar-refractivity contribution is 7.92. The van der Waals surface area contributed by atoms with E-state index in [9.17, 15) is 13.2 Å². The fraction of sp³-hybridized carbons (Fsp3) is 0.280. The average molecular weight is 463 g/mol. The molecule has 33 heavy (non-hydrogen) atoms. The number of aryl methyl sites for hydroxylation is 1. The van der Waals surface area contributed by atoms with E-state index in [2.05, 4.69) is 15.2 Å². The van der Waals surface area contributed by atoms with E-state index in [4.69, 9.17) is 0 Å². The zero-order chi connectivity index (χ0) is 22.8. The minimum absolute atomic E-state index is 0.174. The van der Waals surface area contributed by atoms with Gasteiger partial charge in [-0.1, -0.05) is 18.2 Å². The second-order valence-corrected chi connectivity index (χ2v) is 10.2. The van der Waals surface area contributed by atoms with Gasteiger partial charge in [0.25, 0.3) is 15.9 Å². The minimum Gasteiger partial charge on any atom is -0.357 e. The average Bonchev–Trinajstić information content (AvgIpc) is 3.39. The number of para-hydroxylation sites is 1. The molecule has 8 heteroatoms. The molecule has 0 saturated carbocycles. The number of hydrogen-bond donors (Lipinski definition) is 1. The van der Waals surface area contributed by atoms with Crippen molar-refractivity contribution in [2.75, 3.05) is 34.2 Å². The third kappa shape index (κ3) is 4.30. The lowest BCUT2D eigenvalue weighted by Gasteiger charge is -2.30. The molecule has 5 rings (SSSR count). The van der Waals surface area contributed by atoms with E-state index in [1.165, 1.54) is 29.3 Å². The molecule has 1 saturated heterocycles. The van der Waals surface area contributed by atoms with E-state index >= 15 is 0 Å². The van der Waals surface area contributed by atoms with Gasteiger partial charge in [0.05, 0.1) is 22.5 Å². The van der Waals surface area contributed by atoms with Crippen LogP contribution in [0.1, 0.15) is 35.2 Å². The van der Waals surface area contributed by atoms with Crippen molar-refractivity contribution in [3.8, 4) is 0 Å². The van der Waals surface area contributed by atoms with Gasteiger partial charge in [-0.2, -0.15) is 0 Å². The highest BCUT2D eigenvalue weighted by Crippen LogP contribution is 2.31. The summed E-state index contributed by atoms with van der Waals surface area (Å²) >= 11 is 0. The summed E-state index contributed by atoms with van der Waals surface area (Å²) in [6, 6.07) is 17.4. The van der Waals surface area contributed by atoms with Crippen LogP contribution in [0.4, 0.5) is 17.2 Å². The largest absolute Gasteiger partial charge is 0.357 e. The lowest BCUT2D eigenvalue weighted by atomic mass is 10.0. The standard InChI is InChI=1S/C25H26N4O3S/c30-25(27-21-11-14-24(26-18-21)28-15-3-4-16-28)20-9-12-22(13-10-20)33(31,32)29-17-5-7-19-6-1-2-8-23(19)29/h1-2,6,8-14,18H,3-5,7,15-17H2,(H,27,30). The Morgan fingerprint density at radius 2 is 1.64 bits per heavy atom. The summed E-state index contributed by atoms with van der Waals surface area (Å²) in [6.07, 6.45) is 5.65. The van der Waals surface area contributed by atoms with Crippen LogP contribution in [0.15, 0.2) is 71.8 Å². The van der Waals surface area contributed by atoms with Crippen molar-refractivity contribution < 1.29 is 13.2 Å². The van der Waals surface area contributed by atoms with Crippen molar-refractivity contribution in [1.29, 1.82) is 0 Å². The molecule has 0 atom stereocenters. The molecule has 1 amide bonds. The molecule has 0 unspecified atom stereocenters. The monoisotopic (exact) mass is 462 g/mol. The molecule has 3 aromatic rings. The number of carbonyl (C=O) groups is 1. The highest BCUT2D eigenvalue weighted by Gasteiger charge is 2.29. The number of fused-ring (bicyclic) bond motifs is 1. The van der Waals surface area contributed by atoms with Crippen molar-refractivity contribution in [3.05, 3.63) is 78.0 Å². The molecule has 0 radical (unpaired) electrons. The fourth-order valence-corrected chi connectivity index (χ4v) is 5.99. The van der Waals surface area contributed by atoms with Crippen LogP contribution in [0.2, 0.25) is 0 Å². The van der Waals surface area contributed by atoms with Crippen molar-refractivity contribution in [2.24, 2.45) is 0 Å². The molecule has 0 spiro atoms. The molecule has 2 aliphatic heterocycles. The van der Waals surface area contributed by atoms with Gasteiger partial charge in [0.1, 0.15) is 5.82 Å². The molecule has 0 bridgehead atoms. The second kappa shape index (κ2) is 8.86. The van der Waals surface area contributed by atoms with Gasteiger partial charge in [-0.3, -0.25) is 9.10 Å². The summed E-state index contributed by atoms with van der Waals surface area (Å²) < 4.78 is 28.0. The maximum atomic E-state index is 13.3. The zero-order valence-corrected chi connectivity index (χ0v) is 19.1. The normalized spacial score (nSPS) is 15.9. The Hall–Kier alpha value is -3.39. The van der Waals surface area contributed by atoms with E-state index in [0.717, 1.165) is 43.0 Å². The van der Waals surface area contributed by atoms with E-state index in [0.29, 0.717) is 17.8 Å². The number of carbonyl (C=O) groups excluding carboxylic acids is 1. The quantitative estimate of drug-likeness (QED) is 0.618. The Bertz CT molecular complexity index is 1250. The van der Waals surface area contributed by atoms with E-state index in [1.807, 2.05) is 36.4 Å². The van der Waals surface area contributed by atoms with Crippen LogP contribution in [0.3, 0.4) is 0 Å². The SMILES string of the molecule is O=C(Nc1ccc(N2CCCC2)nc1)c1ccc(S(=O)(=O)N2CCCc3ccccc32)cc1. The number of nitrogens with one attached hydrogen (secondary N) is 1. The molecular weight excluding hydrogens is 436 g/mol. The minimum atomic E-state index is -3.70. The maximum absolute atomic E-state index is 13.3. The first-order valence-corrected chi connectivity index (χ1v) is 12.7. The van der Waals surface area contributed by atoms with Crippen LogP contribution in [-0.4, -0.2) is 38.9 Å². The molecule has 7 nitrogen and oxygen atoms in total. The summed E-state index contributed by atoms with van der Waals surface area (Å²) in [6.45, 7) is 2.47. The number of hydrogen-bond acceptors (Lipinski definition) is 5. The van der Waals surface area contributed by atoms with E-state index in [1.54, 1.807) is 18.3 Å². The second-order valence-electron chi connectivity index (χ2n) is 8.39. The lowest BCUT2D eigenvalue weighted by Crippen LogP contribution is -2.35. The zero-order valence-electron chi connectivity index (χ0n) is 18.3. The Labute approximate surface area is 194 Å². The molecule has 0 aliphatic carbocycles. The molecule has 1 N–H and O–H groups in total. The van der Waals surface area contributed by atoms with Crippen molar-refractivity contribution in [2.45, 2.75) is 30.6 Å². The summed E-state index contributed by atoms with van der Waals surface area (Å²) in [5.74, 6) is 0.609. The van der Waals surface area contributed by atoms with Gasteiger partial charge in [0, 0.05) is 25.2 Å². The van der Waals surface area contributed by atoms with Crippen LogP contribution >= 0.6 is 0 Å². The van der Waals surface area contributed by atoms with Gasteiger partial charge >= 0.3 is 0 Å². The van der Waals surface area contributed by atoms with E-state index < -0.39 is 10.0 Å². The third-order valence-corrected chi connectivity index (χ3v) is 8.04. The number of nitrogens with zero attached hydrogens (tertiary/aromatic N) is 3. The van der Waals surface area contributed by atoms with Crippen LogP contribution in [0.5, 0.6) is 0 Å². The van der Waals surface area contributed by atoms with E-state index in [-0.39, 0.29) is 10.8 Å². The maximum Gasteiger partial charge on any atom is 0.264 e. The van der Waals surface area contributed by atoms with Gasteiger partial charge in [-0.15, -0.1) is 0 Å². The number of benzene rings is 2. The Balaban J connectivity index is 1.30. The lowest BCUT2D eigenvalue weighted by molar-refractivity contribution is 0.102. The summed E-state index contributed by atoms with van der Waals surface area (Å²) in [5, 5.41) is 2.83.